The fourth-order valence-electron chi connectivity index (χ4n) is 2.64. The van der Waals surface area contributed by atoms with Crippen LogP contribution in [0.2, 0.25) is 0 Å². The van der Waals surface area contributed by atoms with Crippen LogP contribution in [0.4, 0.5) is 0 Å². The lowest BCUT2D eigenvalue weighted by atomic mass is 9.88. The van der Waals surface area contributed by atoms with E-state index < -0.39 is 0 Å². The van der Waals surface area contributed by atoms with E-state index in [1.54, 1.807) is 0 Å². The SMILES string of the molecule is CCC(NC(c1ccccc1)C(CC)CC)C(=O)OC. The van der Waals surface area contributed by atoms with E-state index in [-0.39, 0.29) is 18.1 Å². The molecule has 0 amide bonds. The van der Waals surface area contributed by atoms with Gasteiger partial charge in [-0.05, 0) is 17.9 Å². The van der Waals surface area contributed by atoms with Crippen molar-refractivity contribution in [3.63, 3.8) is 0 Å². The molecule has 0 aliphatic heterocycles. The molecule has 1 aromatic rings. The Kier molecular flexibility index (Phi) is 7.31. The number of ether oxygens (including phenoxy) is 1. The van der Waals surface area contributed by atoms with E-state index in [2.05, 4.69) is 31.3 Å². The molecule has 112 valence electrons. The minimum atomic E-state index is -0.245. The average Bonchev–Trinajstić information content (AvgIpc) is 2.51. The highest BCUT2D eigenvalue weighted by Gasteiger charge is 2.26. The Hall–Kier alpha value is -1.35. The molecule has 0 radical (unpaired) electrons. The number of hydrogen-bond acceptors (Lipinski definition) is 3. The molecule has 1 N–H and O–H groups in total. The molecular weight excluding hydrogens is 250 g/mol. The van der Waals surface area contributed by atoms with Gasteiger partial charge in [0.05, 0.1) is 7.11 Å². The molecule has 0 saturated carbocycles. The standard InChI is InChI=1S/C17H27NO2/c1-5-13(6-2)16(14-11-9-8-10-12-14)18-15(7-3)17(19)20-4/h8-13,15-16,18H,5-7H2,1-4H3. The molecule has 0 fully saturated rings. The minimum absolute atomic E-state index is 0.181. The van der Waals surface area contributed by atoms with E-state index in [1.165, 1.54) is 12.7 Å². The van der Waals surface area contributed by atoms with Gasteiger partial charge in [-0.3, -0.25) is 10.1 Å². The van der Waals surface area contributed by atoms with E-state index in [9.17, 15) is 4.79 Å². The molecule has 0 saturated heterocycles. The van der Waals surface area contributed by atoms with Crippen LogP contribution in [0.3, 0.4) is 0 Å². The average molecular weight is 277 g/mol. The maximum atomic E-state index is 11.8. The Morgan fingerprint density at radius 3 is 2.15 bits per heavy atom. The number of hydrogen-bond donors (Lipinski definition) is 1. The molecule has 2 unspecified atom stereocenters. The fraction of sp³-hybridized carbons (Fsp3) is 0.588. The predicted octanol–water partition coefficient (Wildman–Crippen LogP) is 3.71. The maximum absolute atomic E-state index is 11.8. The summed E-state index contributed by atoms with van der Waals surface area (Å²) < 4.78 is 4.89. The van der Waals surface area contributed by atoms with Crippen molar-refractivity contribution in [3.8, 4) is 0 Å². The molecule has 1 rings (SSSR count). The van der Waals surface area contributed by atoms with Crippen LogP contribution in [-0.2, 0) is 9.53 Å². The van der Waals surface area contributed by atoms with Crippen molar-refractivity contribution >= 4 is 5.97 Å². The Morgan fingerprint density at radius 1 is 1.10 bits per heavy atom. The summed E-state index contributed by atoms with van der Waals surface area (Å²) in [6.45, 7) is 6.40. The van der Waals surface area contributed by atoms with Gasteiger partial charge in [-0.15, -0.1) is 0 Å². The molecule has 2 atom stereocenters. The second-order valence-electron chi connectivity index (χ2n) is 5.12. The van der Waals surface area contributed by atoms with E-state index >= 15 is 0 Å². The number of carbonyl (C=O) groups is 1. The smallest absolute Gasteiger partial charge is 0.322 e. The van der Waals surface area contributed by atoms with Crippen molar-refractivity contribution in [2.75, 3.05) is 7.11 Å². The topological polar surface area (TPSA) is 38.3 Å². The molecule has 3 heteroatoms. The molecule has 0 bridgehead atoms. The summed E-state index contributed by atoms with van der Waals surface area (Å²) in [4.78, 5) is 11.8. The zero-order valence-electron chi connectivity index (χ0n) is 13.1. The first-order valence-corrected chi connectivity index (χ1v) is 7.56. The van der Waals surface area contributed by atoms with E-state index in [0.717, 1.165) is 19.3 Å². The van der Waals surface area contributed by atoms with Gasteiger partial charge in [-0.25, -0.2) is 0 Å². The normalized spacial score (nSPS) is 14.1. The molecule has 0 heterocycles. The summed E-state index contributed by atoms with van der Waals surface area (Å²) in [5.41, 5.74) is 1.24. The lowest BCUT2D eigenvalue weighted by Crippen LogP contribution is -2.42. The van der Waals surface area contributed by atoms with Crippen molar-refractivity contribution in [2.45, 2.75) is 52.1 Å². The second kappa shape index (κ2) is 8.75. The van der Waals surface area contributed by atoms with Gasteiger partial charge in [0.15, 0.2) is 0 Å². The third kappa shape index (κ3) is 4.34. The van der Waals surface area contributed by atoms with Crippen LogP contribution < -0.4 is 5.32 Å². The van der Waals surface area contributed by atoms with Gasteiger partial charge >= 0.3 is 5.97 Å². The number of esters is 1. The molecule has 1 aromatic carbocycles. The monoisotopic (exact) mass is 277 g/mol. The van der Waals surface area contributed by atoms with Gasteiger partial charge in [-0.1, -0.05) is 63.9 Å². The van der Waals surface area contributed by atoms with Crippen LogP contribution in [0, 0.1) is 5.92 Å². The van der Waals surface area contributed by atoms with Crippen molar-refractivity contribution in [3.05, 3.63) is 35.9 Å². The predicted molar refractivity (Wildman–Crippen MR) is 82.5 cm³/mol. The first kappa shape index (κ1) is 16.7. The van der Waals surface area contributed by atoms with Gasteiger partial charge in [0.25, 0.3) is 0 Å². The summed E-state index contributed by atoms with van der Waals surface area (Å²) >= 11 is 0. The summed E-state index contributed by atoms with van der Waals surface area (Å²) in [6, 6.07) is 10.3. The molecule has 0 aliphatic rings. The van der Waals surface area contributed by atoms with Gasteiger partial charge in [-0.2, -0.15) is 0 Å². The van der Waals surface area contributed by atoms with Crippen molar-refractivity contribution < 1.29 is 9.53 Å². The lowest BCUT2D eigenvalue weighted by Gasteiger charge is -2.30. The highest BCUT2D eigenvalue weighted by molar-refractivity contribution is 5.75. The number of rotatable bonds is 8. The Balaban J connectivity index is 2.96. The Morgan fingerprint density at radius 2 is 1.70 bits per heavy atom. The van der Waals surface area contributed by atoms with Crippen molar-refractivity contribution in [1.82, 2.24) is 5.32 Å². The molecule has 3 nitrogen and oxygen atoms in total. The van der Waals surface area contributed by atoms with E-state index in [4.69, 9.17) is 4.74 Å². The first-order chi connectivity index (χ1) is 9.67. The van der Waals surface area contributed by atoms with Gasteiger partial charge in [0, 0.05) is 6.04 Å². The number of benzene rings is 1. The molecule has 20 heavy (non-hydrogen) atoms. The minimum Gasteiger partial charge on any atom is -0.468 e. The second-order valence-corrected chi connectivity index (χ2v) is 5.12. The number of methoxy groups -OCH3 is 1. The van der Waals surface area contributed by atoms with Gasteiger partial charge in [0.2, 0.25) is 0 Å². The lowest BCUT2D eigenvalue weighted by molar-refractivity contribution is -0.143. The first-order valence-electron chi connectivity index (χ1n) is 7.56. The molecule has 0 aliphatic carbocycles. The van der Waals surface area contributed by atoms with E-state index in [1.807, 2.05) is 25.1 Å². The van der Waals surface area contributed by atoms with Crippen LogP contribution in [-0.4, -0.2) is 19.1 Å². The van der Waals surface area contributed by atoms with Crippen LogP contribution in [0.5, 0.6) is 0 Å². The summed E-state index contributed by atoms with van der Waals surface area (Å²) in [5, 5.41) is 3.50. The summed E-state index contributed by atoms with van der Waals surface area (Å²) in [6.07, 6.45) is 2.90. The third-order valence-corrected chi connectivity index (χ3v) is 3.95. The number of nitrogens with one attached hydrogen (secondary N) is 1. The maximum Gasteiger partial charge on any atom is 0.322 e. The van der Waals surface area contributed by atoms with E-state index in [0.29, 0.717) is 5.92 Å². The van der Waals surface area contributed by atoms with Crippen LogP contribution in [0.1, 0.15) is 51.6 Å². The molecular formula is C17H27NO2. The van der Waals surface area contributed by atoms with Crippen LogP contribution in [0.15, 0.2) is 30.3 Å². The van der Waals surface area contributed by atoms with Crippen molar-refractivity contribution in [1.29, 1.82) is 0 Å². The third-order valence-electron chi connectivity index (χ3n) is 3.95. The number of carbonyl (C=O) groups excluding carboxylic acids is 1. The highest BCUT2D eigenvalue weighted by Crippen LogP contribution is 2.28. The largest absolute Gasteiger partial charge is 0.468 e. The molecule has 0 aromatic heterocycles. The summed E-state index contributed by atoms with van der Waals surface area (Å²) in [7, 11) is 1.45. The van der Waals surface area contributed by atoms with Gasteiger partial charge in [0.1, 0.15) is 6.04 Å². The Labute approximate surface area is 122 Å². The quantitative estimate of drug-likeness (QED) is 0.736. The van der Waals surface area contributed by atoms with Crippen molar-refractivity contribution in [2.24, 2.45) is 5.92 Å². The zero-order chi connectivity index (χ0) is 15.0. The fourth-order valence-corrected chi connectivity index (χ4v) is 2.64. The molecule has 0 spiro atoms. The summed E-state index contributed by atoms with van der Waals surface area (Å²) in [5.74, 6) is 0.329. The van der Waals surface area contributed by atoms with Gasteiger partial charge < -0.3 is 4.74 Å². The van der Waals surface area contributed by atoms with Crippen LogP contribution >= 0.6 is 0 Å². The zero-order valence-corrected chi connectivity index (χ0v) is 13.1. The highest BCUT2D eigenvalue weighted by atomic mass is 16.5. The Bertz CT molecular complexity index is 387. The van der Waals surface area contributed by atoms with Crippen LogP contribution in [0.25, 0.3) is 0 Å².